The second-order valence-corrected chi connectivity index (χ2v) is 6.57. The number of ether oxygens (including phenoxy) is 1. The predicted octanol–water partition coefficient (Wildman–Crippen LogP) is 2.75. The molecule has 9 nitrogen and oxygen atoms in total. The van der Waals surface area contributed by atoms with Crippen molar-refractivity contribution < 1.29 is 14.0 Å². The topological polar surface area (TPSA) is 99.6 Å². The number of pyridine rings is 1. The number of aromatic nitrogens is 4. The highest BCUT2D eigenvalue weighted by atomic mass is 16.6. The van der Waals surface area contributed by atoms with E-state index in [1.807, 2.05) is 54.1 Å². The number of benzene rings is 1. The normalized spacial score (nSPS) is 16.5. The number of methoxy groups -OCH3 is 1. The lowest BCUT2D eigenvalue weighted by Gasteiger charge is -2.20. The van der Waals surface area contributed by atoms with Gasteiger partial charge in [-0.05, 0) is 31.2 Å². The van der Waals surface area contributed by atoms with Gasteiger partial charge >= 0.3 is 0 Å². The van der Waals surface area contributed by atoms with Crippen molar-refractivity contribution in [3.05, 3.63) is 66.2 Å². The molecule has 0 amide bonds. The third-order valence-electron chi connectivity index (χ3n) is 4.56. The standard InChI is InChI=1S/C20H18N6O3/c1-12-9-26(11-21-12)16-8-7-14(24-20(16)27-2)18-22-15(10-28-25-18)19-23-13-5-3-4-6-17(13)29-19/h3-9,11,15H,10H2,1-2H3,(H,22,25). The average molecular weight is 390 g/mol. The number of hydroxylamine groups is 1. The molecule has 1 N–H and O–H groups in total. The summed E-state index contributed by atoms with van der Waals surface area (Å²) in [6.45, 7) is 2.23. The first-order valence-electron chi connectivity index (χ1n) is 9.09. The van der Waals surface area contributed by atoms with E-state index in [0.29, 0.717) is 29.9 Å². The van der Waals surface area contributed by atoms with Crippen LogP contribution in [-0.2, 0) is 4.84 Å². The first-order chi connectivity index (χ1) is 14.2. The van der Waals surface area contributed by atoms with E-state index in [9.17, 15) is 0 Å². The maximum absolute atomic E-state index is 5.83. The number of rotatable bonds is 4. The molecule has 0 bridgehead atoms. The number of fused-ring (bicyclic) bond motifs is 1. The van der Waals surface area contributed by atoms with E-state index in [2.05, 4.69) is 25.4 Å². The van der Waals surface area contributed by atoms with Gasteiger partial charge in [0.05, 0.1) is 19.1 Å². The Morgan fingerprint density at radius 3 is 2.86 bits per heavy atom. The van der Waals surface area contributed by atoms with E-state index in [-0.39, 0.29) is 6.04 Å². The lowest BCUT2D eigenvalue weighted by molar-refractivity contribution is 0.0569. The van der Waals surface area contributed by atoms with Crippen LogP contribution in [0.15, 0.2) is 58.3 Å². The van der Waals surface area contributed by atoms with Gasteiger partial charge in [0, 0.05) is 6.20 Å². The van der Waals surface area contributed by atoms with Crippen LogP contribution in [0.25, 0.3) is 16.8 Å². The largest absolute Gasteiger partial charge is 0.479 e. The van der Waals surface area contributed by atoms with Crippen LogP contribution in [0.5, 0.6) is 5.88 Å². The Labute approximate surface area is 166 Å². The SMILES string of the molecule is COc1nc(C2=NC(c3nc4ccccc4o3)CON2)ccc1-n1cnc(C)c1. The molecule has 0 radical (unpaired) electrons. The maximum Gasteiger partial charge on any atom is 0.238 e. The number of nitrogens with zero attached hydrogens (tertiary/aromatic N) is 5. The summed E-state index contributed by atoms with van der Waals surface area (Å²) in [4.78, 5) is 23.5. The Balaban J connectivity index is 1.49. The van der Waals surface area contributed by atoms with Gasteiger partial charge < -0.3 is 13.7 Å². The van der Waals surface area contributed by atoms with Gasteiger partial charge in [0.1, 0.15) is 23.5 Å². The van der Waals surface area contributed by atoms with Crippen molar-refractivity contribution in [2.75, 3.05) is 13.7 Å². The number of amidine groups is 1. The molecule has 4 heterocycles. The summed E-state index contributed by atoms with van der Waals surface area (Å²) in [5.74, 6) is 1.44. The zero-order valence-electron chi connectivity index (χ0n) is 15.9. The molecular weight excluding hydrogens is 372 g/mol. The molecule has 0 aliphatic carbocycles. The first kappa shape index (κ1) is 17.4. The Hall–Kier alpha value is -3.72. The molecule has 3 aromatic heterocycles. The van der Waals surface area contributed by atoms with Crippen molar-refractivity contribution in [3.8, 4) is 11.6 Å². The van der Waals surface area contributed by atoms with Gasteiger partial charge in [-0.25, -0.2) is 25.4 Å². The molecule has 0 saturated heterocycles. The van der Waals surface area contributed by atoms with Crippen LogP contribution in [0.1, 0.15) is 23.3 Å². The van der Waals surface area contributed by atoms with E-state index in [4.69, 9.17) is 14.0 Å². The summed E-state index contributed by atoms with van der Waals surface area (Å²) in [5.41, 5.74) is 6.61. The number of oxazole rings is 1. The zero-order valence-corrected chi connectivity index (χ0v) is 15.9. The van der Waals surface area contributed by atoms with Gasteiger partial charge in [-0.2, -0.15) is 0 Å². The van der Waals surface area contributed by atoms with Crippen molar-refractivity contribution in [2.24, 2.45) is 4.99 Å². The fraction of sp³-hybridized carbons (Fsp3) is 0.200. The molecule has 0 fully saturated rings. The monoisotopic (exact) mass is 390 g/mol. The Morgan fingerprint density at radius 1 is 1.17 bits per heavy atom. The number of hydrogen-bond acceptors (Lipinski definition) is 8. The number of imidazole rings is 1. The maximum atomic E-state index is 5.83. The predicted molar refractivity (Wildman–Crippen MR) is 105 cm³/mol. The molecule has 5 rings (SSSR count). The number of aryl methyl sites for hydroxylation is 1. The summed E-state index contributed by atoms with van der Waals surface area (Å²) < 4.78 is 13.2. The molecule has 1 aliphatic rings. The molecule has 146 valence electrons. The quantitative estimate of drug-likeness (QED) is 0.572. The zero-order chi connectivity index (χ0) is 19.8. The van der Waals surface area contributed by atoms with Gasteiger partial charge in [0.15, 0.2) is 17.5 Å². The minimum atomic E-state index is -0.373. The molecule has 4 aromatic rings. The number of nitrogens with one attached hydrogen (secondary N) is 1. The van der Waals surface area contributed by atoms with Crippen LogP contribution >= 0.6 is 0 Å². The van der Waals surface area contributed by atoms with Crippen LogP contribution < -0.4 is 10.2 Å². The fourth-order valence-electron chi connectivity index (χ4n) is 3.15. The minimum absolute atomic E-state index is 0.305. The van der Waals surface area contributed by atoms with Crippen LogP contribution in [0.2, 0.25) is 0 Å². The van der Waals surface area contributed by atoms with Crippen LogP contribution in [0.3, 0.4) is 0 Å². The van der Waals surface area contributed by atoms with Gasteiger partial charge in [0.2, 0.25) is 11.8 Å². The van der Waals surface area contributed by atoms with Crippen molar-refractivity contribution in [1.82, 2.24) is 25.0 Å². The highest BCUT2D eigenvalue weighted by molar-refractivity contribution is 5.97. The molecule has 0 saturated carbocycles. The van der Waals surface area contributed by atoms with Crippen molar-refractivity contribution in [1.29, 1.82) is 0 Å². The van der Waals surface area contributed by atoms with Crippen molar-refractivity contribution >= 4 is 16.9 Å². The first-order valence-corrected chi connectivity index (χ1v) is 9.09. The molecule has 0 spiro atoms. The Kier molecular flexibility index (Phi) is 4.21. The summed E-state index contributed by atoms with van der Waals surface area (Å²) in [5, 5.41) is 0. The highest BCUT2D eigenvalue weighted by Crippen LogP contribution is 2.26. The average Bonchev–Trinajstić information content (AvgIpc) is 3.39. The van der Waals surface area contributed by atoms with Gasteiger partial charge in [-0.15, -0.1) is 0 Å². The third kappa shape index (κ3) is 3.21. The molecule has 1 aliphatic heterocycles. The van der Waals surface area contributed by atoms with Crippen molar-refractivity contribution in [3.63, 3.8) is 0 Å². The van der Waals surface area contributed by atoms with Crippen molar-refractivity contribution in [2.45, 2.75) is 13.0 Å². The van der Waals surface area contributed by atoms with E-state index in [1.54, 1.807) is 13.4 Å². The Morgan fingerprint density at radius 2 is 2.07 bits per heavy atom. The summed E-state index contributed by atoms with van der Waals surface area (Å²) in [6.07, 6.45) is 3.62. The molecule has 29 heavy (non-hydrogen) atoms. The summed E-state index contributed by atoms with van der Waals surface area (Å²) in [6, 6.07) is 11.0. The van der Waals surface area contributed by atoms with Crippen LogP contribution in [-0.4, -0.2) is 39.1 Å². The lowest BCUT2D eigenvalue weighted by atomic mass is 10.2. The molecular formula is C20H18N6O3. The second kappa shape index (κ2) is 7.02. The minimum Gasteiger partial charge on any atom is -0.479 e. The number of para-hydroxylation sites is 2. The molecule has 9 heteroatoms. The summed E-state index contributed by atoms with van der Waals surface area (Å²) in [7, 11) is 1.58. The van der Waals surface area contributed by atoms with Crippen LogP contribution in [0.4, 0.5) is 0 Å². The number of aliphatic imine (C=N–C) groups is 1. The molecule has 1 aromatic carbocycles. The van der Waals surface area contributed by atoms with E-state index in [1.165, 1.54) is 0 Å². The van der Waals surface area contributed by atoms with Gasteiger partial charge in [0.25, 0.3) is 0 Å². The third-order valence-corrected chi connectivity index (χ3v) is 4.56. The van der Waals surface area contributed by atoms with Crippen LogP contribution in [0, 0.1) is 6.92 Å². The molecule has 1 atom stereocenters. The number of hydrogen-bond donors (Lipinski definition) is 1. The highest BCUT2D eigenvalue weighted by Gasteiger charge is 2.24. The smallest absolute Gasteiger partial charge is 0.238 e. The molecule has 1 unspecified atom stereocenters. The second-order valence-electron chi connectivity index (χ2n) is 6.57. The van der Waals surface area contributed by atoms with Gasteiger partial charge in [-0.1, -0.05) is 12.1 Å². The fourth-order valence-corrected chi connectivity index (χ4v) is 3.15. The lowest BCUT2D eigenvalue weighted by Crippen LogP contribution is -2.33. The van der Waals surface area contributed by atoms with Gasteiger partial charge in [-0.3, -0.25) is 4.84 Å². The van der Waals surface area contributed by atoms with E-state index < -0.39 is 0 Å². The summed E-state index contributed by atoms with van der Waals surface area (Å²) >= 11 is 0. The van der Waals surface area contributed by atoms with E-state index >= 15 is 0 Å². The van der Waals surface area contributed by atoms with E-state index in [0.717, 1.165) is 22.5 Å². The Bertz CT molecular complexity index is 1180.